The van der Waals surface area contributed by atoms with Crippen LogP contribution >= 0.6 is 11.3 Å². The van der Waals surface area contributed by atoms with Crippen molar-refractivity contribution in [3.63, 3.8) is 0 Å². The summed E-state index contributed by atoms with van der Waals surface area (Å²) in [5, 5.41) is 2.96. The molecule has 0 aliphatic heterocycles. The summed E-state index contributed by atoms with van der Waals surface area (Å²) in [6.07, 6.45) is 1.13. The summed E-state index contributed by atoms with van der Waals surface area (Å²) >= 11 is 1.16. The summed E-state index contributed by atoms with van der Waals surface area (Å²) in [7, 11) is -3.33. The highest BCUT2D eigenvalue weighted by Crippen LogP contribution is 2.29. The van der Waals surface area contributed by atoms with Crippen LogP contribution in [-0.4, -0.2) is 31.5 Å². The Balaban J connectivity index is 1.90. The third-order valence-corrected chi connectivity index (χ3v) is 5.44. The quantitative estimate of drug-likeness (QED) is 0.543. The molecule has 1 amide bonds. The maximum Gasteiger partial charge on any atom is 0.308 e. The Labute approximate surface area is 153 Å². The molecule has 2 aromatic carbocycles. The van der Waals surface area contributed by atoms with Crippen LogP contribution in [0, 0.1) is 0 Å². The number of nitrogens with one attached hydrogen (secondary N) is 1. The molecule has 3 aromatic rings. The van der Waals surface area contributed by atoms with Gasteiger partial charge in [-0.3, -0.25) is 14.9 Å². The third kappa shape index (κ3) is 3.89. The van der Waals surface area contributed by atoms with Gasteiger partial charge in [0, 0.05) is 13.2 Å². The van der Waals surface area contributed by atoms with Gasteiger partial charge in [0.2, 0.25) is 0 Å². The van der Waals surface area contributed by atoms with Crippen LogP contribution in [0.4, 0.5) is 5.13 Å². The van der Waals surface area contributed by atoms with Crippen LogP contribution in [0.15, 0.2) is 47.4 Å². The van der Waals surface area contributed by atoms with Gasteiger partial charge >= 0.3 is 5.97 Å². The van der Waals surface area contributed by atoms with E-state index < -0.39 is 21.7 Å². The number of para-hydroxylation sites is 1. The van der Waals surface area contributed by atoms with Crippen LogP contribution < -0.4 is 10.1 Å². The number of sulfone groups is 1. The molecule has 0 aliphatic carbocycles. The topological polar surface area (TPSA) is 102 Å². The molecule has 1 N–H and O–H groups in total. The minimum Gasteiger partial charge on any atom is -0.426 e. The number of hydrogen-bond acceptors (Lipinski definition) is 7. The number of fused-ring (bicyclic) bond motifs is 1. The van der Waals surface area contributed by atoms with Crippen molar-refractivity contribution < 1.29 is 22.7 Å². The second kappa shape index (κ2) is 6.85. The molecule has 0 bridgehead atoms. The summed E-state index contributed by atoms with van der Waals surface area (Å²) < 4.78 is 29.0. The predicted molar refractivity (Wildman–Crippen MR) is 98.4 cm³/mol. The van der Waals surface area contributed by atoms with Crippen molar-refractivity contribution in [1.29, 1.82) is 0 Å². The van der Waals surface area contributed by atoms with Gasteiger partial charge in [-0.2, -0.15) is 0 Å². The highest BCUT2D eigenvalue weighted by molar-refractivity contribution is 7.90. The summed E-state index contributed by atoms with van der Waals surface area (Å²) in [6.45, 7) is 1.25. The van der Waals surface area contributed by atoms with Crippen LogP contribution in [0.25, 0.3) is 10.2 Å². The van der Waals surface area contributed by atoms with Gasteiger partial charge in [-0.15, -0.1) is 0 Å². The number of carbonyl (C=O) groups excluding carboxylic acids is 2. The fraction of sp³-hybridized carbons (Fsp3) is 0.118. The van der Waals surface area contributed by atoms with Gasteiger partial charge < -0.3 is 4.74 Å². The maximum absolute atomic E-state index is 12.5. The van der Waals surface area contributed by atoms with Gasteiger partial charge in [-0.05, 0) is 30.3 Å². The zero-order chi connectivity index (χ0) is 18.9. The SMILES string of the molecule is CC(=O)Oc1ccccc1C(=O)Nc1nc2ccc(S(C)(=O)=O)cc2s1. The molecule has 0 atom stereocenters. The molecule has 3 rings (SSSR count). The number of amides is 1. The fourth-order valence-corrected chi connectivity index (χ4v) is 3.87. The van der Waals surface area contributed by atoms with E-state index in [1.54, 1.807) is 18.2 Å². The van der Waals surface area contributed by atoms with Gasteiger partial charge in [-0.25, -0.2) is 13.4 Å². The molecule has 1 heterocycles. The normalized spacial score (nSPS) is 11.3. The first-order valence-electron chi connectivity index (χ1n) is 7.43. The number of carbonyl (C=O) groups is 2. The molecule has 0 fully saturated rings. The molecule has 134 valence electrons. The van der Waals surface area contributed by atoms with Gasteiger partial charge in [-0.1, -0.05) is 23.5 Å². The number of hydrogen-bond donors (Lipinski definition) is 1. The number of benzene rings is 2. The number of ether oxygens (including phenoxy) is 1. The van der Waals surface area contributed by atoms with Crippen LogP contribution in [0.3, 0.4) is 0 Å². The lowest BCUT2D eigenvalue weighted by Crippen LogP contribution is -2.14. The lowest BCUT2D eigenvalue weighted by molar-refractivity contribution is -0.131. The predicted octanol–water partition coefficient (Wildman–Crippen LogP) is 2.88. The van der Waals surface area contributed by atoms with E-state index in [1.807, 2.05) is 0 Å². The highest BCUT2D eigenvalue weighted by atomic mass is 32.2. The van der Waals surface area contributed by atoms with Crippen molar-refractivity contribution >= 4 is 48.4 Å². The molecule has 0 unspecified atom stereocenters. The van der Waals surface area contributed by atoms with Crippen molar-refractivity contribution in [1.82, 2.24) is 4.98 Å². The lowest BCUT2D eigenvalue weighted by Gasteiger charge is -2.07. The van der Waals surface area contributed by atoms with Crippen molar-refractivity contribution in [2.45, 2.75) is 11.8 Å². The Morgan fingerprint density at radius 3 is 2.58 bits per heavy atom. The monoisotopic (exact) mass is 390 g/mol. The first-order chi connectivity index (χ1) is 12.2. The first kappa shape index (κ1) is 18.0. The molecule has 0 saturated carbocycles. The van der Waals surface area contributed by atoms with E-state index >= 15 is 0 Å². The Hall–Kier alpha value is -2.78. The van der Waals surface area contributed by atoms with Crippen molar-refractivity contribution in [2.24, 2.45) is 0 Å². The second-order valence-corrected chi connectivity index (χ2v) is 8.51. The zero-order valence-electron chi connectivity index (χ0n) is 13.8. The summed E-state index contributed by atoms with van der Waals surface area (Å²) in [5.41, 5.74) is 0.768. The molecule has 0 aliphatic rings. The highest BCUT2D eigenvalue weighted by Gasteiger charge is 2.16. The van der Waals surface area contributed by atoms with Gasteiger partial charge in [0.1, 0.15) is 5.75 Å². The molecule has 7 nitrogen and oxygen atoms in total. The number of aromatic nitrogens is 1. The van der Waals surface area contributed by atoms with E-state index in [0.29, 0.717) is 15.3 Å². The van der Waals surface area contributed by atoms with Crippen molar-refractivity contribution in [3.8, 4) is 5.75 Å². The van der Waals surface area contributed by atoms with E-state index in [9.17, 15) is 18.0 Å². The van der Waals surface area contributed by atoms with Gasteiger partial charge in [0.15, 0.2) is 15.0 Å². The smallest absolute Gasteiger partial charge is 0.308 e. The van der Waals surface area contributed by atoms with Crippen molar-refractivity contribution in [2.75, 3.05) is 11.6 Å². The summed E-state index contributed by atoms with van der Waals surface area (Å²) in [4.78, 5) is 28.1. The number of esters is 1. The molecule has 9 heteroatoms. The molecule has 1 aromatic heterocycles. The first-order valence-corrected chi connectivity index (χ1v) is 10.1. The average Bonchev–Trinajstić information content (AvgIpc) is 2.95. The zero-order valence-corrected chi connectivity index (χ0v) is 15.5. The summed E-state index contributed by atoms with van der Waals surface area (Å²) in [6, 6.07) is 10.9. The lowest BCUT2D eigenvalue weighted by atomic mass is 10.2. The molecule has 26 heavy (non-hydrogen) atoms. The minimum atomic E-state index is -3.33. The average molecular weight is 390 g/mol. The van der Waals surface area contributed by atoms with Gasteiger partial charge in [0.05, 0.1) is 20.7 Å². The number of nitrogens with zero attached hydrogens (tertiary/aromatic N) is 1. The van der Waals surface area contributed by atoms with Gasteiger partial charge in [0.25, 0.3) is 5.91 Å². The molecular formula is C17H14N2O5S2. The second-order valence-electron chi connectivity index (χ2n) is 5.46. The molecular weight excluding hydrogens is 376 g/mol. The summed E-state index contributed by atoms with van der Waals surface area (Å²) in [5.74, 6) is -0.860. The van der Waals surface area contributed by atoms with Crippen LogP contribution in [0.2, 0.25) is 0 Å². The van der Waals surface area contributed by atoms with E-state index in [2.05, 4.69) is 10.3 Å². The minimum absolute atomic E-state index is 0.151. The van der Waals surface area contributed by atoms with Crippen molar-refractivity contribution in [3.05, 3.63) is 48.0 Å². The van der Waals surface area contributed by atoms with E-state index in [-0.39, 0.29) is 16.2 Å². The standard InChI is InChI=1S/C17H14N2O5S2/c1-10(20)24-14-6-4-3-5-12(14)16(21)19-17-18-13-8-7-11(26(2,22)23)9-15(13)25-17/h3-9H,1-2H3,(H,18,19,21). The van der Waals surface area contributed by atoms with E-state index in [4.69, 9.17) is 4.74 Å². The Bertz CT molecular complexity index is 1120. The van der Waals surface area contributed by atoms with E-state index in [1.165, 1.54) is 31.2 Å². The number of anilines is 1. The Morgan fingerprint density at radius 2 is 1.88 bits per heavy atom. The Kier molecular flexibility index (Phi) is 4.75. The number of rotatable bonds is 4. The number of thiazole rings is 1. The largest absolute Gasteiger partial charge is 0.426 e. The third-order valence-electron chi connectivity index (χ3n) is 3.39. The van der Waals surface area contributed by atoms with E-state index in [0.717, 1.165) is 17.6 Å². The van der Waals surface area contributed by atoms with Crippen LogP contribution in [0.5, 0.6) is 5.75 Å². The maximum atomic E-state index is 12.5. The fourth-order valence-electron chi connectivity index (χ4n) is 2.25. The molecule has 0 spiro atoms. The van der Waals surface area contributed by atoms with Crippen LogP contribution in [-0.2, 0) is 14.6 Å². The Morgan fingerprint density at radius 1 is 1.15 bits per heavy atom. The molecule has 0 saturated heterocycles. The molecule has 0 radical (unpaired) electrons. The van der Waals surface area contributed by atoms with Crippen LogP contribution in [0.1, 0.15) is 17.3 Å².